The number of carbonyl (C=O) groups excluding carboxylic acids is 5. The van der Waals surface area contributed by atoms with E-state index in [1.165, 1.54) is 24.7 Å². The first kappa shape index (κ1) is 96.1. The van der Waals surface area contributed by atoms with Gasteiger partial charge in [0, 0.05) is 192 Å². The van der Waals surface area contributed by atoms with Crippen LogP contribution in [0.2, 0.25) is 0 Å². The van der Waals surface area contributed by atoms with Crippen molar-refractivity contribution in [3.05, 3.63) is 298 Å². The predicted octanol–water partition coefficient (Wildman–Crippen LogP) is 5.71. The van der Waals surface area contributed by atoms with Crippen molar-refractivity contribution in [1.82, 2.24) is 0 Å². The van der Waals surface area contributed by atoms with Crippen molar-refractivity contribution in [3.8, 4) is 0 Å². The molecule has 6 aromatic rings. The molecule has 6 aliphatic rings. The third-order valence-electron chi connectivity index (χ3n) is 20.7. The molecule has 0 amide bonds. The SMILES string of the molecule is C=C(C)[C@@H]1C(=O)C[C@@H](C)[C@@]2(O)[C@H]1C=C(COC(c1ccccc1)(c1ccccc1)c1ccccc1)C[C@]1(O)C(=O)C(C)=C[C@@H]21.C=C(C)[C@@H]1C(OC(C)=O)=C[C@@H](C)[C@@]2(O)[C@H]1C=C(COC(c1ccccc1)(c1ccccc1)c1ccccc1)C[C@]1(O)C(=O)C(C)=C[C@@H]21.O=CO[O-].S=S.S=S=S=S=S=S=S=S=S=S=S.[H-].[K+].[K+]. The summed E-state index contributed by atoms with van der Waals surface area (Å²) in [6.07, 6.45) is 9.12. The minimum Gasteiger partial charge on any atom is -1.00 e. The van der Waals surface area contributed by atoms with Crippen LogP contribution >= 0.6 is 0 Å². The molecule has 1 saturated carbocycles. The van der Waals surface area contributed by atoms with Gasteiger partial charge in [-0.05, 0) is 95.4 Å². The van der Waals surface area contributed by atoms with E-state index in [9.17, 15) is 39.6 Å². The normalized spacial score (nSPS) is 25.2. The van der Waals surface area contributed by atoms with Gasteiger partial charge in [-0.3, -0.25) is 24.0 Å². The quantitative estimate of drug-likeness (QED) is 0.0173. The Bertz CT molecular complexity index is 4680. The van der Waals surface area contributed by atoms with E-state index in [0.717, 1.165) is 33.4 Å². The molecule has 0 aliphatic heterocycles. The van der Waals surface area contributed by atoms with Gasteiger partial charge in [0.15, 0.2) is 11.6 Å². The van der Waals surface area contributed by atoms with E-state index in [1.54, 1.807) is 94.2 Å². The van der Waals surface area contributed by atoms with E-state index in [2.05, 4.69) is 62.8 Å². The van der Waals surface area contributed by atoms with Gasteiger partial charge >= 0.3 is 109 Å². The molecule has 14 nitrogen and oxygen atoms in total. The topological polar surface area (TPSA) is 226 Å². The van der Waals surface area contributed by atoms with Crippen molar-refractivity contribution in [3.63, 3.8) is 0 Å². The maximum absolute atomic E-state index is 13.8. The zero-order chi connectivity index (χ0) is 78.6. The van der Waals surface area contributed by atoms with Crippen LogP contribution in [0.1, 0.15) is 103 Å². The van der Waals surface area contributed by atoms with E-state index in [-0.39, 0.29) is 155 Å². The second-order valence-electron chi connectivity index (χ2n) is 27.1. The Labute approximate surface area is 776 Å². The number of benzene rings is 6. The summed E-state index contributed by atoms with van der Waals surface area (Å²) >= 11 is 16.7. The molecule has 0 heterocycles. The molecule has 6 aliphatic carbocycles. The zero-order valence-corrected chi connectivity index (χ0v) is 78.9. The number of ketones is 3. The second-order valence-corrected chi connectivity index (χ2v) is 43.0. The summed E-state index contributed by atoms with van der Waals surface area (Å²) in [6.45, 7) is 20.3. The van der Waals surface area contributed by atoms with Gasteiger partial charge in [-0.2, -0.15) is 0 Å². The number of carbonyl (C=O) groups is 5. The molecule has 572 valence electrons. The van der Waals surface area contributed by atoms with Crippen LogP contribution in [0.25, 0.3) is 0 Å². The molecule has 12 rings (SSSR count). The molecule has 12 atom stereocenters. The number of rotatable bonds is 16. The average Bonchev–Trinajstić information content (AvgIpc) is 1.24. The van der Waals surface area contributed by atoms with Crippen molar-refractivity contribution in [1.29, 1.82) is 0 Å². The molecule has 0 spiro atoms. The summed E-state index contributed by atoms with van der Waals surface area (Å²) < 4.78 is 20.0. The summed E-state index contributed by atoms with van der Waals surface area (Å²) in [5.74, 6) is -6.24. The molecule has 110 heavy (non-hydrogen) atoms. The first-order chi connectivity index (χ1) is 51.8. The largest absolute Gasteiger partial charge is 1.00 e. The molecule has 6 aromatic carbocycles. The Balaban J connectivity index is 0.000000322. The van der Waals surface area contributed by atoms with Crippen molar-refractivity contribution < 1.29 is 173 Å². The van der Waals surface area contributed by atoms with Gasteiger partial charge < -0.3 is 46.2 Å². The van der Waals surface area contributed by atoms with E-state index < -0.39 is 92.7 Å². The fourth-order valence-electron chi connectivity index (χ4n) is 16.3. The van der Waals surface area contributed by atoms with Crippen molar-refractivity contribution in [2.75, 3.05) is 13.2 Å². The maximum atomic E-state index is 13.8. The zero-order valence-electron chi connectivity index (χ0n) is 63.0. The maximum Gasteiger partial charge on any atom is 1.00 e. The molecule has 0 radical (unpaired) electrons. The third-order valence-corrected chi connectivity index (χ3v) is 38.5. The average molecular weight is 1780 g/mol. The second kappa shape index (κ2) is 44.7. The predicted molar refractivity (Wildman–Crippen MR) is 455 cm³/mol. The van der Waals surface area contributed by atoms with Gasteiger partial charge in [-0.15, -0.1) is 0 Å². The van der Waals surface area contributed by atoms with Crippen LogP contribution < -0.4 is 108 Å². The van der Waals surface area contributed by atoms with Crippen molar-refractivity contribution in [2.45, 2.75) is 101 Å². The minimum atomic E-state index is -1.89. The first-order valence-corrected chi connectivity index (χ1v) is 48.7. The van der Waals surface area contributed by atoms with Gasteiger partial charge in [0.25, 0.3) is 6.47 Å². The van der Waals surface area contributed by atoms with E-state index >= 15 is 0 Å². The Kier molecular flexibility index (Phi) is 39.1. The third kappa shape index (κ3) is 21.2. The summed E-state index contributed by atoms with van der Waals surface area (Å²) in [4.78, 5) is 64.3. The van der Waals surface area contributed by atoms with Crippen LogP contribution in [0.15, 0.2) is 265 Å². The summed E-state index contributed by atoms with van der Waals surface area (Å²) in [6, 6.07) is 60.0. The number of ether oxygens (including phenoxy) is 3. The molecule has 0 unspecified atom stereocenters. The van der Waals surface area contributed by atoms with Crippen LogP contribution in [0.5, 0.6) is 0 Å². The number of allylic oxidation sites excluding steroid dienone is 2. The van der Waals surface area contributed by atoms with Crippen LogP contribution in [-0.2, 0) is 179 Å². The number of fused-ring (bicyclic) bond motifs is 6. The van der Waals surface area contributed by atoms with E-state index in [1.807, 2.05) is 222 Å². The number of esters is 1. The van der Waals surface area contributed by atoms with Crippen molar-refractivity contribution in [2.24, 2.45) is 47.3 Å². The number of aliphatic hydroxyl groups is 4. The molecule has 0 bridgehead atoms. The molecule has 0 saturated heterocycles. The van der Waals surface area contributed by atoms with Gasteiger partial charge in [0.2, 0.25) is 0 Å². The molecule has 1 fully saturated rings. The van der Waals surface area contributed by atoms with Crippen LogP contribution in [-0.4, -0.2) is 85.8 Å². The Morgan fingerprint density at radius 3 is 1.12 bits per heavy atom. The van der Waals surface area contributed by atoms with Gasteiger partial charge in [-0.25, -0.2) is 0 Å². The summed E-state index contributed by atoms with van der Waals surface area (Å²) in [5, 5.41) is 58.4. The molecular weight excluding hydrogens is 1690 g/mol. The van der Waals surface area contributed by atoms with Crippen molar-refractivity contribution >= 4 is 154 Å². The van der Waals surface area contributed by atoms with Crippen LogP contribution in [0.3, 0.4) is 0 Å². The Morgan fingerprint density at radius 1 is 0.527 bits per heavy atom. The Hall–Kier alpha value is -2.70. The standard InChI is InChI=1S/C41H42O6.C39H40O5.CH2O3.2K.S11.S2.H/c1-26(2)37-34-23-30(24-39(44)36(21-27(3)38(39)43)40(34,45)28(4)22-35(37)47-29(5)42)25-46-41(31-15-9-6-10-16-31,32-17-11-7-12-18-32)33-19-13-8-14-20-33;1-25(2)35-32-22-28(23-37(42)34(20-26(3)36(37)41)38(32,43)27(4)21-33(35)40)24-44-39(29-14-8-5-9-15-29,30-16-10-6-11-17-30)31-18-12-7-13-19-31;2-1-4-3;;;1-3-5-7-9-11-10-8-6-4-2;1-2;/h6-23,28,34,36-37,44-45H,1,24-25H2,2-5H3;5-20,22,27,32,34-35,42-43H,1,21,23-24H2,2-4H3;1,3H;;;;;/q;;;2*+1;;;-1/p-1/t28-,34+,36-,37+,39-,40-;27-,32+,34-,35+,37-,38-;;;;;;/m11....../s1. The monoisotopic (exact) mass is 1770 g/mol. The summed E-state index contributed by atoms with van der Waals surface area (Å²) in [7, 11) is 14.5. The van der Waals surface area contributed by atoms with Crippen LogP contribution in [0.4, 0.5) is 0 Å². The fraction of sp³-hybridized carbons (Fsp3) is 0.321. The van der Waals surface area contributed by atoms with Crippen LogP contribution in [0, 0.1) is 47.3 Å². The number of Topliss-reactive ketones (excluding diaryl/α,β-unsaturated/α-hetero) is 3. The smallest absolute Gasteiger partial charge is 1.00 e. The van der Waals surface area contributed by atoms with Gasteiger partial charge in [-0.1, -0.05) is 244 Å². The molecule has 29 heteroatoms. The number of hydrogen-bond donors (Lipinski definition) is 4. The van der Waals surface area contributed by atoms with E-state index in [4.69, 9.17) is 24.3 Å². The fourth-order valence-corrected chi connectivity index (χ4v) is 35.5. The minimum absolute atomic E-state index is 0. The first-order valence-electron chi connectivity index (χ1n) is 34.0. The van der Waals surface area contributed by atoms with Gasteiger partial charge in [0.1, 0.15) is 33.9 Å². The van der Waals surface area contributed by atoms with E-state index in [0.29, 0.717) is 39.2 Å². The van der Waals surface area contributed by atoms with Gasteiger partial charge in [0.05, 0.1) is 24.4 Å². The molecule has 0 aromatic heterocycles. The Morgan fingerprint density at radius 2 is 0.827 bits per heavy atom. The number of hydrogen-bond acceptors (Lipinski definition) is 18. The molecular formula is C81H84K2O14S13. The summed E-state index contributed by atoms with van der Waals surface area (Å²) in [5.41, 5.74) is 0.0984. The molecule has 4 N–H and O–H groups in total.